The quantitative estimate of drug-likeness (QED) is 0.636. The van der Waals surface area contributed by atoms with E-state index in [0.717, 1.165) is 0 Å². The van der Waals surface area contributed by atoms with Gasteiger partial charge in [0.15, 0.2) is 11.3 Å². The van der Waals surface area contributed by atoms with E-state index in [1.807, 2.05) is 0 Å². The number of rotatable bonds is 4. The van der Waals surface area contributed by atoms with E-state index < -0.39 is 11.2 Å². The minimum atomic E-state index is -1.02. The van der Waals surface area contributed by atoms with E-state index in [1.54, 1.807) is 24.3 Å². The van der Waals surface area contributed by atoms with Crippen LogP contribution in [-0.2, 0) is 4.84 Å². The van der Waals surface area contributed by atoms with Crippen molar-refractivity contribution in [2.24, 2.45) is 5.73 Å². The Morgan fingerprint density at radius 2 is 2.29 bits per heavy atom. The minimum absolute atomic E-state index is 0.0992. The topological polar surface area (TPSA) is 81.6 Å². The molecule has 7 heteroatoms. The molecule has 6 nitrogen and oxygen atoms in total. The number of aromatic nitrogens is 1. The molecule has 0 saturated heterocycles. The molecule has 0 aliphatic carbocycles. The fraction of sp³-hybridized carbons (Fsp3) is 0.200. The second-order valence-electron chi connectivity index (χ2n) is 3.20. The van der Waals surface area contributed by atoms with Crippen molar-refractivity contribution in [3.63, 3.8) is 0 Å². The summed E-state index contributed by atoms with van der Waals surface area (Å²) in [5, 5.41) is 3.54. The number of nitrogens with zero attached hydrogens (tertiary/aromatic N) is 2. The van der Waals surface area contributed by atoms with Gasteiger partial charge in [0, 0.05) is 6.54 Å². The Hall–Kier alpha value is -1.99. The molecule has 2 rings (SSSR count). The van der Waals surface area contributed by atoms with Crippen LogP contribution in [0.25, 0.3) is 11.0 Å². The number of hydrogen-bond acceptors (Lipinski definition) is 5. The van der Waals surface area contributed by atoms with E-state index in [9.17, 15) is 9.28 Å². The van der Waals surface area contributed by atoms with Crippen molar-refractivity contribution in [1.29, 1.82) is 0 Å². The van der Waals surface area contributed by atoms with Gasteiger partial charge in [0.1, 0.15) is 0 Å². The van der Waals surface area contributed by atoms with Gasteiger partial charge in [0.25, 0.3) is 0 Å². The number of carbonyl (C=O) groups excluding carboxylic acids is 1. The first-order valence-corrected chi connectivity index (χ1v) is 4.91. The molecule has 0 atom stereocenters. The Balaban J connectivity index is 2.24. The maximum Gasteiger partial charge on any atom is 0.331 e. The summed E-state index contributed by atoms with van der Waals surface area (Å²) >= 11 is 0. The predicted octanol–water partition coefficient (Wildman–Crippen LogP) is 1.04. The van der Waals surface area contributed by atoms with Gasteiger partial charge < -0.3 is 10.3 Å². The van der Waals surface area contributed by atoms with Gasteiger partial charge in [-0.15, -0.1) is 0 Å². The third-order valence-corrected chi connectivity index (χ3v) is 2.06. The standard InChI is InChI=1S/C10H10FN3O3/c11-14(16-6-5-12)10(15)9-7-3-1-2-4-8(7)17-13-9/h1-4H,5-6,12H2. The maximum absolute atomic E-state index is 13.2. The number of benzene rings is 1. The van der Waals surface area contributed by atoms with Crippen LogP contribution in [0.15, 0.2) is 28.8 Å². The number of amides is 1. The zero-order chi connectivity index (χ0) is 12.3. The van der Waals surface area contributed by atoms with Crippen LogP contribution in [0, 0.1) is 0 Å². The Kier molecular flexibility index (Phi) is 3.31. The number of halogens is 1. The molecule has 2 N–H and O–H groups in total. The number of hydrogen-bond donors (Lipinski definition) is 1. The van der Waals surface area contributed by atoms with E-state index in [1.165, 1.54) is 0 Å². The van der Waals surface area contributed by atoms with E-state index in [-0.39, 0.29) is 18.8 Å². The molecule has 1 aromatic carbocycles. The molecule has 0 saturated carbocycles. The molecule has 0 aliphatic rings. The lowest BCUT2D eigenvalue weighted by molar-refractivity contribution is -0.234. The first kappa shape index (κ1) is 11.5. The van der Waals surface area contributed by atoms with Crippen molar-refractivity contribution in [2.45, 2.75) is 0 Å². The number of hydroxylamine groups is 1. The highest BCUT2D eigenvalue weighted by Gasteiger charge is 2.23. The molecule has 0 radical (unpaired) electrons. The molecule has 0 aliphatic heterocycles. The summed E-state index contributed by atoms with van der Waals surface area (Å²) < 4.78 is 18.1. The number of nitrogens with two attached hydrogens (primary N) is 1. The van der Waals surface area contributed by atoms with Crippen LogP contribution in [0.3, 0.4) is 0 Å². The van der Waals surface area contributed by atoms with Crippen LogP contribution in [0.1, 0.15) is 10.5 Å². The Morgan fingerprint density at radius 3 is 3.06 bits per heavy atom. The van der Waals surface area contributed by atoms with Crippen LogP contribution in [0.5, 0.6) is 0 Å². The minimum Gasteiger partial charge on any atom is -0.355 e. The average Bonchev–Trinajstić information content (AvgIpc) is 2.78. The SMILES string of the molecule is NCCON(F)C(=O)c1noc2ccccc12. The Labute approximate surface area is 95.6 Å². The molecule has 1 aromatic heterocycles. The highest BCUT2D eigenvalue weighted by Crippen LogP contribution is 2.19. The summed E-state index contributed by atoms with van der Waals surface area (Å²) in [5.41, 5.74) is 5.39. The van der Waals surface area contributed by atoms with Crippen molar-refractivity contribution < 1.29 is 18.6 Å². The zero-order valence-electron chi connectivity index (χ0n) is 8.80. The van der Waals surface area contributed by atoms with E-state index >= 15 is 0 Å². The molecule has 0 bridgehead atoms. The molecule has 0 fully saturated rings. The van der Waals surface area contributed by atoms with Gasteiger partial charge in [-0.3, -0.25) is 4.79 Å². The lowest BCUT2D eigenvalue weighted by Crippen LogP contribution is -2.26. The van der Waals surface area contributed by atoms with E-state index in [0.29, 0.717) is 11.0 Å². The summed E-state index contributed by atoms with van der Waals surface area (Å²) in [6.45, 7) is 0.00525. The molecular weight excluding hydrogens is 229 g/mol. The second-order valence-corrected chi connectivity index (χ2v) is 3.20. The predicted molar refractivity (Wildman–Crippen MR) is 56.3 cm³/mol. The van der Waals surface area contributed by atoms with Crippen LogP contribution in [-0.4, -0.2) is 29.5 Å². The number of para-hydroxylation sites is 1. The molecule has 1 amide bonds. The molecule has 2 aromatic rings. The van der Waals surface area contributed by atoms with Crippen LogP contribution in [0.4, 0.5) is 4.48 Å². The maximum atomic E-state index is 13.2. The van der Waals surface area contributed by atoms with Crippen molar-refractivity contribution in [3.8, 4) is 0 Å². The fourth-order valence-corrected chi connectivity index (χ4v) is 1.31. The van der Waals surface area contributed by atoms with E-state index in [4.69, 9.17) is 10.3 Å². The first-order chi connectivity index (χ1) is 8.24. The monoisotopic (exact) mass is 239 g/mol. The van der Waals surface area contributed by atoms with Crippen molar-refractivity contribution in [1.82, 2.24) is 10.4 Å². The first-order valence-electron chi connectivity index (χ1n) is 4.91. The molecule has 90 valence electrons. The molecule has 0 unspecified atom stereocenters. The Bertz CT molecular complexity index is 528. The lowest BCUT2D eigenvalue weighted by Gasteiger charge is -2.08. The van der Waals surface area contributed by atoms with Gasteiger partial charge >= 0.3 is 5.91 Å². The molecule has 17 heavy (non-hydrogen) atoms. The van der Waals surface area contributed by atoms with Gasteiger partial charge in [0.2, 0.25) is 0 Å². The van der Waals surface area contributed by atoms with Gasteiger partial charge in [-0.1, -0.05) is 21.8 Å². The summed E-state index contributed by atoms with van der Waals surface area (Å²) in [7, 11) is 0. The summed E-state index contributed by atoms with van der Waals surface area (Å²) in [6.07, 6.45) is 0. The highest BCUT2D eigenvalue weighted by molar-refractivity contribution is 6.03. The smallest absolute Gasteiger partial charge is 0.331 e. The second kappa shape index (κ2) is 4.89. The van der Waals surface area contributed by atoms with Gasteiger partial charge in [-0.25, -0.2) is 4.84 Å². The summed E-state index contributed by atoms with van der Waals surface area (Å²) in [5.74, 6) is -1.02. The summed E-state index contributed by atoms with van der Waals surface area (Å²) in [6, 6.07) is 6.65. The third kappa shape index (κ3) is 2.24. The van der Waals surface area contributed by atoms with Crippen LogP contribution < -0.4 is 5.73 Å². The summed E-state index contributed by atoms with van der Waals surface area (Å²) in [4.78, 5) is 16.0. The fourth-order valence-electron chi connectivity index (χ4n) is 1.31. The zero-order valence-corrected chi connectivity index (χ0v) is 8.80. The number of carbonyl (C=O) groups is 1. The average molecular weight is 239 g/mol. The highest BCUT2D eigenvalue weighted by atomic mass is 19.2. The van der Waals surface area contributed by atoms with Crippen molar-refractivity contribution >= 4 is 16.9 Å². The van der Waals surface area contributed by atoms with Gasteiger partial charge in [0.05, 0.1) is 12.0 Å². The molecular formula is C10H10FN3O3. The van der Waals surface area contributed by atoms with Gasteiger partial charge in [-0.05, 0) is 17.4 Å². The van der Waals surface area contributed by atoms with Crippen molar-refractivity contribution in [3.05, 3.63) is 30.0 Å². The number of fused-ring (bicyclic) bond motifs is 1. The van der Waals surface area contributed by atoms with Gasteiger partial charge in [-0.2, -0.15) is 0 Å². The van der Waals surface area contributed by atoms with E-state index in [2.05, 4.69) is 9.99 Å². The molecule has 1 heterocycles. The lowest BCUT2D eigenvalue weighted by atomic mass is 10.2. The normalized spacial score (nSPS) is 10.7. The molecule has 0 spiro atoms. The van der Waals surface area contributed by atoms with Crippen molar-refractivity contribution in [2.75, 3.05) is 13.2 Å². The van der Waals surface area contributed by atoms with Crippen LogP contribution in [0.2, 0.25) is 0 Å². The van der Waals surface area contributed by atoms with Crippen LogP contribution >= 0.6 is 0 Å². The largest absolute Gasteiger partial charge is 0.355 e. The Morgan fingerprint density at radius 1 is 1.53 bits per heavy atom. The third-order valence-electron chi connectivity index (χ3n) is 2.06.